The van der Waals surface area contributed by atoms with Gasteiger partial charge >= 0.3 is 0 Å². The maximum atomic E-state index is 12.2. The average Bonchev–Trinajstić information content (AvgIpc) is 2.53. The van der Waals surface area contributed by atoms with Gasteiger partial charge in [0.2, 0.25) is 5.91 Å². The van der Waals surface area contributed by atoms with E-state index in [1.54, 1.807) is 0 Å². The van der Waals surface area contributed by atoms with E-state index >= 15 is 0 Å². The Balaban J connectivity index is 1.81. The molecule has 0 aliphatic heterocycles. The lowest BCUT2D eigenvalue weighted by molar-refractivity contribution is -0.130. The second-order valence-corrected chi connectivity index (χ2v) is 5.70. The second kappa shape index (κ2) is 7.32. The van der Waals surface area contributed by atoms with Crippen molar-refractivity contribution in [2.75, 3.05) is 18.9 Å². The van der Waals surface area contributed by atoms with Crippen LogP contribution in [-0.2, 0) is 11.2 Å². The van der Waals surface area contributed by atoms with Crippen molar-refractivity contribution in [3.63, 3.8) is 0 Å². The monoisotopic (exact) mass is 274 g/mol. The summed E-state index contributed by atoms with van der Waals surface area (Å²) in [5.74, 6) is 0.191. The Morgan fingerprint density at radius 3 is 2.45 bits per heavy atom. The van der Waals surface area contributed by atoms with Crippen LogP contribution in [0.2, 0.25) is 0 Å². The van der Waals surface area contributed by atoms with Gasteiger partial charge in [0.1, 0.15) is 0 Å². The first-order valence-electron chi connectivity index (χ1n) is 7.79. The first-order valence-corrected chi connectivity index (χ1v) is 7.79. The summed E-state index contributed by atoms with van der Waals surface area (Å²) >= 11 is 0. The number of amides is 1. The summed E-state index contributed by atoms with van der Waals surface area (Å²) in [5.41, 5.74) is 2.34. The van der Waals surface area contributed by atoms with Gasteiger partial charge in [0.15, 0.2) is 0 Å². The molecule has 3 heteroatoms. The minimum absolute atomic E-state index is 0.191. The first kappa shape index (κ1) is 14.9. The molecule has 1 saturated carbocycles. The number of nitrogens with zero attached hydrogens (tertiary/aromatic N) is 1. The molecular formula is C17H26N2O. The highest BCUT2D eigenvalue weighted by Crippen LogP contribution is 2.21. The summed E-state index contributed by atoms with van der Waals surface area (Å²) in [6.45, 7) is 2.53. The van der Waals surface area contributed by atoms with E-state index in [1.807, 2.05) is 24.1 Å². The van der Waals surface area contributed by atoms with Crippen LogP contribution in [0.15, 0.2) is 24.3 Å². The Morgan fingerprint density at radius 2 is 1.85 bits per heavy atom. The molecule has 0 spiro atoms. The van der Waals surface area contributed by atoms with E-state index in [2.05, 4.69) is 24.4 Å². The summed E-state index contributed by atoms with van der Waals surface area (Å²) in [4.78, 5) is 14.1. The number of hydrogen-bond acceptors (Lipinski definition) is 2. The van der Waals surface area contributed by atoms with Crippen LogP contribution in [0.3, 0.4) is 0 Å². The van der Waals surface area contributed by atoms with E-state index in [0.29, 0.717) is 12.6 Å². The molecule has 1 aliphatic rings. The van der Waals surface area contributed by atoms with Crippen LogP contribution in [0.5, 0.6) is 0 Å². The minimum Gasteiger partial charge on any atom is -0.376 e. The predicted octanol–water partition coefficient (Wildman–Crippen LogP) is 3.45. The standard InChI is InChI=1S/C17H26N2O/c1-3-14-9-11-15(12-10-14)18-13-17(20)19(2)16-7-5-4-6-8-16/h9-12,16,18H,3-8,13H2,1-2H3. The van der Waals surface area contributed by atoms with Crippen molar-refractivity contribution in [3.05, 3.63) is 29.8 Å². The van der Waals surface area contributed by atoms with Gasteiger partial charge in [-0.3, -0.25) is 4.79 Å². The van der Waals surface area contributed by atoms with Gasteiger partial charge in [-0.15, -0.1) is 0 Å². The molecule has 20 heavy (non-hydrogen) atoms. The third kappa shape index (κ3) is 3.99. The van der Waals surface area contributed by atoms with Crippen LogP contribution in [0.25, 0.3) is 0 Å². The van der Waals surface area contributed by atoms with Gasteiger partial charge in [-0.25, -0.2) is 0 Å². The topological polar surface area (TPSA) is 32.3 Å². The maximum absolute atomic E-state index is 12.2. The fourth-order valence-corrected chi connectivity index (χ4v) is 2.83. The normalized spacial score (nSPS) is 15.9. The summed E-state index contributed by atoms with van der Waals surface area (Å²) in [7, 11) is 1.94. The number of nitrogens with one attached hydrogen (secondary N) is 1. The third-order valence-electron chi connectivity index (χ3n) is 4.32. The third-order valence-corrected chi connectivity index (χ3v) is 4.32. The molecule has 1 amide bonds. The van der Waals surface area contributed by atoms with Crippen LogP contribution in [0.4, 0.5) is 5.69 Å². The number of aryl methyl sites for hydroxylation is 1. The molecule has 2 rings (SSSR count). The zero-order valence-corrected chi connectivity index (χ0v) is 12.7. The Morgan fingerprint density at radius 1 is 1.20 bits per heavy atom. The minimum atomic E-state index is 0.191. The number of carbonyl (C=O) groups is 1. The summed E-state index contributed by atoms with van der Waals surface area (Å²) in [6.07, 6.45) is 7.20. The van der Waals surface area contributed by atoms with E-state index in [-0.39, 0.29) is 5.91 Å². The Hall–Kier alpha value is -1.51. The number of likely N-dealkylation sites (N-methyl/N-ethyl adjacent to an activating group) is 1. The fourth-order valence-electron chi connectivity index (χ4n) is 2.83. The Labute approximate surface area is 122 Å². The molecule has 0 bridgehead atoms. The van der Waals surface area contributed by atoms with Gasteiger partial charge < -0.3 is 10.2 Å². The van der Waals surface area contributed by atoms with E-state index in [9.17, 15) is 4.79 Å². The lowest BCUT2D eigenvalue weighted by atomic mass is 9.94. The molecule has 1 aromatic rings. The average molecular weight is 274 g/mol. The molecule has 0 saturated heterocycles. The quantitative estimate of drug-likeness (QED) is 0.892. The summed E-state index contributed by atoms with van der Waals surface area (Å²) in [5, 5.41) is 3.22. The van der Waals surface area contributed by atoms with Crippen LogP contribution in [0.1, 0.15) is 44.6 Å². The van der Waals surface area contributed by atoms with E-state index in [1.165, 1.54) is 24.8 Å². The van der Waals surface area contributed by atoms with Gasteiger partial charge in [0.25, 0.3) is 0 Å². The van der Waals surface area contributed by atoms with Gasteiger partial charge in [-0.1, -0.05) is 38.3 Å². The van der Waals surface area contributed by atoms with Crippen molar-refractivity contribution in [3.8, 4) is 0 Å². The van der Waals surface area contributed by atoms with Crippen LogP contribution < -0.4 is 5.32 Å². The highest BCUT2D eigenvalue weighted by molar-refractivity contribution is 5.80. The predicted molar refractivity (Wildman–Crippen MR) is 84.0 cm³/mol. The highest BCUT2D eigenvalue weighted by atomic mass is 16.2. The highest BCUT2D eigenvalue weighted by Gasteiger charge is 2.21. The zero-order valence-electron chi connectivity index (χ0n) is 12.7. The number of benzene rings is 1. The van der Waals surface area contributed by atoms with Crippen molar-refractivity contribution >= 4 is 11.6 Å². The Kier molecular flexibility index (Phi) is 5.45. The van der Waals surface area contributed by atoms with Gasteiger partial charge in [0, 0.05) is 18.8 Å². The lowest BCUT2D eigenvalue weighted by Crippen LogP contribution is -2.41. The fraction of sp³-hybridized carbons (Fsp3) is 0.588. The number of carbonyl (C=O) groups excluding carboxylic acids is 1. The van der Waals surface area contributed by atoms with Crippen molar-refractivity contribution in [1.29, 1.82) is 0 Å². The molecule has 0 radical (unpaired) electrons. The van der Waals surface area contributed by atoms with Gasteiger partial charge in [0.05, 0.1) is 6.54 Å². The molecular weight excluding hydrogens is 248 g/mol. The first-order chi connectivity index (χ1) is 9.70. The summed E-state index contributed by atoms with van der Waals surface area (Å²) < 4.78 is 0. The molecule has 110 valence electrons. The molecule has 1 aliphatic carbocycles. The van der Waals surface area contributed by atoms with Gasteiger partial charge in [-0.05, 0) is 37.0 Å². The summed E-state index contributed by atoms with van der Waals surface area (Å²) in [6, 6.07) is 8.76. The second-order valence-electron chi connectivity index (χ2n) is 5.70. The maximum Gasteiger partial charge on any atom is 0.241 e. The largest absolute Gasteiger partial charge is 0.376 e. The number of rotatable bonds is 5. The van der Waals surface area contributed by atoms with Crippen molar-refractivity contribution in [2.24, 2.45) is 0 Å². The molecule has 0 atom stereocenters. The van der Waals surface area contributed by atoms with Crippen molar-refractivity contribution < 1.29 is 4.79 Å². The molecule has 1 N–H and O–H groups in total. The van der Waals surface area contributed by atoms with Crippen LogP contribution in [-0.4, -0.2) is 30.4 Å². The van der Waals surface area contributed by atoms with E-state index in [4.69, 9.17) is 0 Å². The zero-order chi connectivity index (χ0) is 14.4. The molecule has 1 aromatic carbocycles. The van der Waals surface area contributed by atoms with E-state index in [0.717, 1.165) is 24.9 Å². The van der Waals surface area contributed by atoms with E-state index < -0.39 is 0 Å². The molecule has 0 aromatic heterocycles. The molecule has 0 unspecified atom stereocenters. The SMILES string of the molecule is CCc1ccc(NCC(=O)N(C)C2CCCCC2)cc1. The van der Waals surface area contributed by atoms with Crippen LogP contribution >= 0.6 is 0 Å². The van der Waals surface area contributed by atoms with Gasteiger partial charge in [-0.2, -0.15) is 0 Å². The molecule has 0 heterocycles. The van der Waals surface area contributed by atoms with Crippen molar-refractivity contribution in [1.82, 2.24) is 4.90 Å². The number of hydrogen-bond donors (Lipinski definition) is 1. The van der Waals surface area contributed by atoms with Crippen molar-refractivity contribution in [2.45, 2.75) is 51.5 Å². The smallest absolute Gasteiger partial charge is 0.241 e. The Bertz CT molecular complexity index is 421. The van der Waals surface area contributed by atoms with Crippen LogP contribution in [0, 0.1) is 0 Å². The number of anilines is 1. The lowest BCUT2D eigenvalue weighted by Gasteiger charge is -2.31. The molecule has 1 fully saturated rings. The molecule has 3 nitrogen and oxygen atoms in total.